The third-order valence-corrected chi connectivity index (χ3v) is 3.54. The minimum Gasteiger partial charge on any atom is -0.491 e. The van der Waals surface area contributed by atoms with Gasteiger partial charge in [0.05, 0.1) is 12.2 Å². The molecule has 0 radical (unpaired) electrons. The normalized spacial score (nSPS) is 20.4. The highest BCUT2D eigenvalue weighted by molar-refractivity contribution is 5.28. The average molecular weight is 263 g/mol. The van der Waals surface area contributed by atoms with E-state index < -0.39 is 0 Å². The Labute approximate surface area is 116 Å². The van der Waals surface area contributed by atoms with Crippen molar-refractivity contribution in [3.63, 3.8) is 0 Å². The number of nitrogens with one attached hydrogen (secondary N) is 1. The minimum absolute atomic E-state index is 0.273. The maximum Gasteiger partial charge on any atom is 0.120 e. The van der Waals surface area contributed by atoms with E-state index in [1.807, 2.05) is 6.07 Å². The van der Waals surface area contributed by atoms with Crippen molar-refractivity contribution in [2.75, 3.05) is 13.2 Å². The lowest BCUT2D eigenvalue weighted by atomic mass is 10.2. The van der Waals surface area contributed by atoms with Crippen molar-refractivity contribution in [3.05, 3.63) is 29.8 Å². The van der Waals surface area contributed by atoms with Crippen molar-refractivity contribution >= 4 is 0 Å². The van der Waals surface area contributed by atoms with Gasteiger partial charge in [0.1, 0.15) is 5.75 Å². The monoisotopic (exact) mass is 263 g/mol. The highest BCUT2D eigenvalue weighted by atomic mass is 16.5. The van der Waals surface area contributed by atoms with E-state index >= 15 is 0 Å². The van der Waals surface area contributed by atoms with E-state index in [-0.39, 0.29) is 6.10 Å². The molecule has 0 bridgehead atoms. The van der Waals surface area contributed by atoms with E-state index in [1.54, 1.807) is 0 Å². The SMILES string of the molecule is CCC(C)Oc1cccc(CNCC2CCCO2)c1. The molecule has 2 atom stereocenters. The van der Waals surface area contributed by atoms with E-state index in [9.17, 15) is 0 Å². The minimum atomic E-state index is 0.273. The fourth-order valence-electron chi connectivity index (χ4n) is 2.23. The van der Waals surface area contributed by atoms with Gasteiger partial charge in [0, 0.05) is 19.7 Å². The van der Waals surface area contributed by atoms with Crippen molar-refractivity contribution in [1.82, 2.24) is 5.32 Å². The summed E-state index contributed by atoms with van der Waals surface area (Å²) in [4.78, 5) is 0. The molecular formula is C16H25NO2. The maximum absolute atomic E-state index is 5.83. The molecule has 1 fully saturated rings. The lowest BCUT2D eigenvalue weighted by molar-refractivity contribution is 0.110. The van der Waals surface area contributed by atoms with Crippen LogP contribution in [0.2, 0.25) is 0 Å². The standard InChI is InChI=1S/C16H25NO2/c1-3-13(2)19-15-7-4-6-14(10-15)11-17-12-16-8-5-9-18-16/h4,6-7,10,13,16-17H,3,5,8-9,11-12H2,1-2H3. The molecule has 1 saturated heterocycles. The quantitative estimate of drug-likeness (QED) is 0.820. The Bertz CT molecular complexity index is 375. The van der Waals surface area contributed by atoms with Crippen molar-refractivity contribution in [1.29, 1.82) is 0 Å². The van der Waals surface area contributed by atoms with Crippen LogP contribution < -0.4 is 10.1 Å². The van der Waals surface area contributed by atoms with Crippen molar-refractivity contribution < 1.29 is 9.47 Å². The molecule has 1 N–H and O–H groups in total. The summed E-state index contributed by atoms with van der Waals surface area (Å²) in [5.41, 5.74) is 1.26. The molecule has 0 amide bonds. The van der Waals surface area contributed by atoms with Crippen LogP contribution in [0, 0.1) is 0 Å². The number of rotatable bonds is 7. The van der Waals surface area contributed by atoms with E-state index in [4.69, 9.17) is 9.47 Å². The van der Waals surface area contributed by atoms with Crippen molar-refractivity contribution in [2.24, 2.45) is 0 Å². The highest BCUT2D eigenvalue weighted by Crippen LogP contribution is 2.16. The van der Waals surface area contributed by atoms with Gasteiger partial charge in [0.15, 0.2) is 0 Å². The Morgan fingerprint density at radius 2 is 2.37 bits per heavy atom. The van der Waals surface area contributed by atoms with Crippen LogP contribution >= 0.6 is 0 Å². The van der Waals surface area contributed by atoms with Crippen LogP contribution in [-0.4, -0.2) is 25.4 Å². The summed E-state index contributed by atoms with van der Waals surface area (Å²) in [7, 11) is 0. The van der Waals surface area contributed by atoms with Gasteiger partial charge in [-0.3, -0.25) is 0 Å². The van der Waals surface area contributed by atoms with E-state index in [0.717, 1.165) is 31.9 Å². The largest absolute Gasteiger partial charge is 0.491 e. The van der Waals surface area contributed by atoms with Gasteiger partial charge in [-0.25, -0.2) is 0 Å². The van der Waals surface area contributed by atoms with Crippen LogP contribution in [0.5, 0.6) is 5.75 Å². The van der Waals surface area contributed by atoms with Gasteiger partial charge >= 0.3 is 0 Å². The predicted octanol–water partition coefficient (Wildman–Crippen LogP) is 3.13. The number of ether oxygens (including phenoxy) is 2. The summed E-state index contributed by atoms with van der Waals surface area (Å²) in [6.07, 6.45) is 4.09. The lowest BCUT2D eigenvalue weighted by Gasteiger charge is -2.14. The molecule has 0 aromatic heterocycles. The first-order chi connectivity index (χ1) is 9.28. The molecule has 1 heterocycles. The van der Waals surface area contributed by atoms with Crippen LogP contribution in [0.15, 0.2) is 24.3 Å². The first-order valence-corrected chi connectivity index (χ1v) is 7.36. The van der Waals surface area contributed by atoms with Gasteiger partial charge in [0.25, 0.3) is 0 Å². The predicted molar refractivity (Wildman–Crippen MR) is 77.5 cm³/mol. The van der Waals surface area contributed by atoms with Crippen LogP contribution in [0.3, 0.4) is 0 Å². The van der Waals surface area contributed by atoms with Crippen molar-refractivity contribution in [3.8, 4) is 5.75 Å². The Kier molecular flexibility index (Phi) is 5.67. The second-order valence-corrected chi connectivity index (χ2v) is 5.25. The first kappa shape index (κ1) is 14.4. The molecule has 1 aromatic carbocycles. The topological polar surface area (TPSA) is 30.5 Å². The number of hydrogen-bond donors (Lipinski definition) is 1. The van der Waals surface area contributed by atoms with Gasteiger partial charge < -0.3 is 14.8 Å². The molecule has 0 aliphatic carbocycles. The molecule has 3 nitrogen and oxygen atoms in total. The van der Waals surface area contributed by atoms with Crippen LogP contribution in [0.1, 0.15) is 38.7 Å². The van der Waals surface area contributed by atoms with E-state index in [1.165, 1.54) is 18.4 Å². The molecule has 3 heteroatoms. The maximum atomic E-state index is 5.83. The molecular weight excluding hydrogens is 238 g/mol. The highest BCUT2D eigenvalue weighted by Gasteiger charge is 2.14. The Hall–Kier alpha value is -1.06. The summed E-state index contributed by atoms with van der Waals surface area (Å²) >= 11 is 0. The van der Waals surface area contributed by atoms with Crippen LogP contribution in [-0.2, 0) is 11.3 Å². The second kappa shape index (κ2) is 7.51. The van der Waals surface area contributed by atoms with Crippen molar-refractivity contribution in [2.45, 2.75) is 51.9 Å². The third-order valence-electron chi connectivity index (χ3n) is 3.54. The second-order valence-electron chi connectivity index (χ2n) is 5.25. The molecule has 1 aliphatic rings. The fraction of sp³-hybridized carbons (Fsp3) is 0.625. The number of hydrogen-bond acceptors (Lipinski definition) is 3. The van der Waals surface area contributed by atoms with Gasteiger partial charge in [-0.1, -0.05) is 19.1 Å². The summed E-state index contributed by atoms with van der Waals surface area (Å²) in [6.45, 7) is 6.97. The average Bonchev–Trinajstić information content (AvgIpc) is 2.92. The fourth-order valence-corrected chi connectivity index (χ4v) is 2.23. The zero-order chi connectivity index (χ0) is 13.5. The molecule has 2 rings (SSSR count). The molecule has 0 saturated carbocycles. The van der Waals surface area contributed by atoms with E-state index in [0.29, 0.717) is 6.10 Å². The van der Waals surface area contributed by atoms with Gasteiger partial charge in [0.2, 0.25) is 0 Å². The summed E-state index contributed by atoms with van der Waals surface area (Å²) < 4.78 is 11.4. The van der Waals surface area contributed by atoms with Gasteiger partial charge in [-0.05, 0) is 43.9 Å². The molecule has 2 unspecified atom stereocenters. The van der Waals surface area contributed by atoms with Gasteiger partial charge in [-0.2, -0.15) is 0 Å². The third kappa shape index (κ3) is 4.84. The zero-order valence-corrected chi connectivity index (χ0v) is 12.0. The van der Waals surface area contributed by atoms with Gasteiger partial charge in [-0.15, -0.1) is 0 Å². The Balaban J connectivity index is 1.77. The summed E-state index contributed by atoms with van der Waals surface area (Å²) in [6, 6.07) is 8.33. The van der Waals surface area contributed by atoms with Crippen LogP contribution in [0.4, 0.5) is 0 Å². The molecule has 19 heavy (non-hydrogen) atoms. The summed E-state index contributed by atoms with van der Waals surface area (Å²) in [5.74, 6) is 0.964. The molecule has 1 aromatic rings. The number of benzene rings is 1. The molecule has 1 aliphatic heterocycles. The lowest BCUT2D eigenvalue weighted by Crippen LogP contribution is -2.25. The van der Waals surface area contributed by atoms with E-state index in [2.05, 4.69) is 37.4 Å². The smallest absolute Gasteiger partial charge is 0.120 e. The molecule has 0 spiro atoms. The van der Waals surface area contributed by atoms with Crippen LogP contribution in [0.25, 0.3) is 0 Å². The first-order valence-electron chi connectivity index (χ1n) is 7.36. The Morgan fingerprint density at radius 1 is 1.47 bits per heavy atom. The summed E-state index contributed by atoms with van der Waals surface area (Å²) in [5, 5.41) is 3.46. The molecule has 106 valence electrons. The zero-order valence-electron chi connectivity index (χ0n) is 12.0. The Morgan fingerprint density at radius 3 is 3.11 bits per heavy atom.